The van der Waals surface area contributed by atoms with Gasteiger partial charge in [0, 0.05) is 18.3 Å². The molecule has 1 fully saturated rings. The van der Waals surface area contributed by atoms with E-state index in [-0.39, 0.29) is 12.3 Å². The Morgan fingerprint density at radius 3 is 3.06 bits per heavy atom. The van der Waals surface area contributed by atoms with Crippen LogP contribution in [0.1, 0.15) is 18.4 Å². The number of rotatable bonds is 2. The third-order valence-corrected chi connectivity index (χ3v) is 3.92. The van der Waals surface area contributed by atoms with Crippen molar-refractivity contribution in [2.45, 2.75) is 25.3 Å². The lowest BCUT2D eigenvalue weighted by molar-refractivity contribution is -0.138. The molecule has 17 heavy (non-hydrogen) atoms. The van der Waals surface area contributed by atoms with Gasteiger partial charge in [-0.25, -0.2) is 0 Å². The van der Waals surface area contributed by atoms with E-state index in [1.54, 1.807) is 12.1 Å². The lowest BCUT2D eigenvalue weighted by atomic mass is 9.93. The molecule has 2 N–H and O–H groups in total. The van der Waals surface area contributed by atoms with E-state index in [1.807, 2.05) is 6.07 Å². The molecule has 3 rings (SSSR count). The van der Waals surface area contributed by atoms with Crippen molar-refractivity contribution in [3.63, 3.8) is 0 Å². The van der Waals surface area contributed by atoms with Crippen molar-refractivity contribution in [3.05, 3.63) is 23.8 Å². The number of aliphatic carboxylic acids is 1. The number of fused-ring (bicyclic) bond motifs is 3. The largest absolute Gasteiger partial charge is 0.508 e. The number of hydrogen-bond acceptors (Lipinski definition) is 3. The standard InChI is InChI=1S/C13H15NO3/c15-10-1-2-11-9(5-10)6-12-8(7-13(16)17)3-4-14(11)12/h1-2,5,8,12,15H,3-4,6-7H2,(H,16,17). The molecule has 0 bridgehead atoms. The summed E-state index contributed by atoms with van der Waals surface area (Å²) in [6.07, 6.45) is 2.07. The van der Waals surface area contributed by atoms with Gasteiger partial charge in [0.2, 0.25) is 0 Å². The predicted molar refractivity (Wildman–Crippen MR) is 63.3 cm³/mol. The van der Waals surface area contributed by atoms with Crippen molar-refractivity contribution < 1.29 is 15.0 Å². The van der Waals surface area contributed by atoms with Crippen LogP contribution in [0.3, 0.4) is 0 Å². The summed E-state index contributed by atoms with van der Waals surface area (Å²) >= 11 is 0. The van der Waals surface area contributed by atoms with E-state index < -0.39 is 5.97 Å². The normalized spacial score (nSPS) is 25.8. The van der Waals surface area contributed by atoms with Crippen molar-refractivity contribution in [1.29, 1.82) is 0 Å². The van der Waals surface area contributed by atoms with Crippen molar-refractivity contribution >= 4 is 11.7 Å². The van der Waals surface area contributed by atoms with Gasteiger partial charge in [0.25, 0.3) is 0 Å². The summed E-state index contributed by atoms with van der Waals surface area (Å²) in [5.41, 5.74) is 2.31. The second kappa shape index (κ2) is 3.65. The van der Waals surface area contributed by atoms with Gasteiger partial charge in [-0.2, -0.15) is 0 Å². The molecule has 90 valence electrons. The highest BCUT2D eigenvalue weighted by Crippen LogP contribution is 2.42. The van der Waals surface area contributed by atoms with Gasteiger partial charge in [0.1, 0.15) is 5.75 Å². The first-order chi connectivity index (χ1) is 8.15. The average molecular weight is 233 g/mol. The fourth-order valence-electron chi connectivity index (χ4n) is 3.20. The van der Waals surface area contributed by atoms with Crippen LogP contribution in [0.5, 0.6) is 5.75 Å². The summed E-state index contributed by atoms with van der Waals surface area (Å²) in [6, 6.07) is 5.74. The number of carbonyl (C=O) groups is 1. The molecular formula is C13H15NO3. The second-order valence-corrected chi connectivity index (χ2v) is 4.92. The summed E-state index contributed by atoms with van der Waals surface area (Å²) in [5, 5.41) is 18.4. The molecule has 0 saturated carbocycles. The van der Waals surface area contributed by atoms with Gasteiger partial charge < -0.3 is 15.1 Å². The molecular weight excluding hydrogens is 218 g/mol. The van der Waals surface area contributed by atoms with E-state index in [9.17, 15) is 9.90 Å². The Morgan fingerprint density at radius 2 is 2.29 bits per heavy atom. The van der Waals surface area contributed by atoms with E-state index in [1.165, 1.54) is 5.69 Å². The van der Waals surface area contributed by atoms with E-state index in [2.05, 4.69) is 4.90 Å². The number of benzene rings is 1. The number of anilines is 1. The highest BCUT2D eigenvalue weighted by molar-refractivity contribution is 5.68. The predicted octanol–water partition coefficient (Wildman–Crippen LogP) is 1.62. The molecule has 1 aromatic rings. The zero-order valence-corrected chi connectivity index (χ0v) is 9.47. The third kappa shape index (κ3) is 1.64. The van der Waals surface area contributed by atoms with Crippen LogP contribution < -0.4 is 4.90 Å². The topological polar surface area (TPSA) is 60.8 Å². The molecule has 0 amide bonds. The molecule has 4 nitrogen and oxygen atoms in total. The van der Waals surface area contributed by atoms with E-state index >= 15 is 0 Å². The number of carboxylic acid groups (broad SMARTS) is 1. The lowest BCUT2D eigenvalue weighted by Gasteiger charge is -2.21. The Balaban J connectivity index is 1.86. The minimum Gasteiger partial charge on any atom is -0.508 e. The maximum atomic E-state index is 10.8. The second-order valence-electron chi connectivity index (χ2n) is 4.92. The van der Waals surface area contributed by atoms with Crippen LogP contribution in [0.25, 0.3) is 0 Å². The number of nitrogens with zero attached hydrogens (tertiary/aromatic N) is 1. The maximum Gasteiger partial charge on any atom is 0.303 e. The van der Waals surface area contributed by atoms with E-state index in [4.69, 9.17) is 5.11 Å². The fraction of sp³-hybridized carbons (Fsp3) is 0.462. The molecule has 1 saturated heterocycles. The first-order valence-electron chi connectivity index (χ1n) is 5.95. The molecule has 2 atom stereocenters. The third-order valence-electron chi connectivity index (χ3n) is 3.92. The molecule has 2 aliphatic heterocycles. The molecule has 0 aliphatic carbocycles. The summed E-state index contributed by atoms with van der Waals surface area (Å²) in [6.45, 7) is 0.931. The lowest BCUT2D eigenvalue weighted by Crippen LogP contribution is -2.29. The first-order valence-corrected chi connectivity index (χ1v) is 5.95. The summed E-state index contributed by atoms with van der Waals surface area (Å²) in [7, 11) is 0. The molecule has 2 heterocycles. The molecule has 0 spiro atoms. The maximum absolute atomic E-state index is 10.8. The molecule has 2 aliphatic rings. The van der Waals surface area contributed by atoms with Crippen LogP contribution >= 0.6 is 0 Å². The summed E-state index contributed by atoms with van der Waals surface area (Å²) in [4.78, 5) is 13.1. The molecule has 0 aromatic heterocycles. The number of aromatic hydroxyl groups is 1. The molecule has 1 aromatic carbocycles. The van der Waals surface area contributed by atoms with Crippen LogP contribution in [-0.2, 0) is 11.2 Å². The van der Waals surface area contributed by atoms with Gasteiger partial charge in [0.15, 0.2) is 0 Å². The monoisotopic (exact) mass is 233 g/mol. The Hall–Kier alpha value is -1.71. The van der Waals surface area contributed by atoms with Gasteiger partial charge in [0.05, 0.1) is 6.42 Å². The highest BCUT2D eigenvalue weighted by atomic mass is 16.4. The van der Waals surface area contributed by atoms with Crippen LogP contribution in [0, 0.1) is 5.92 Å². The molecule has 2 unspecified atom stereocenters. The Bertz CT molecular complexity index is 472. The number of carboxylic acids is 1. The van der Waals surface area contributed by atoms with Crippen LogP contribution in [0.2, 0.25) is 0 Å². The van der Waals surface area contributed by atoms with E-state index in [0.717, 1.165) is 24.9 Å². The van der Waals surface area contributed by atoms with Crippen molar-refractivity contribution in [1.82, 2.24) is 0 Å². The Kier molecular flexibility index (Phi) is 2.24. The quantitative estimate of drug-likeness (QED) is 0.814. The average Bonchev–Trinajstić information content (AvgIpc) is 2.77. The molecule has 0 radical (unpaired) electrons. The number of phenolic OH excluding ortho intramolecular Hbond substituents is 1. The zero-order valence-electron chi connectivity index (χ0n) is 9.47. The minimum absolute atomic E-state index is 0.238. The zero-order chi connectivity index (χ0) is 12.0. The van der Waals surface area contributed by atoms with Crippen LogP contribution in [0.4, 0.5) is 5.69 Å². The first kappa shape index (κ1) is 10.4. The summed E-state index contributed by atoms with van der Waals surface area (Å²) < 4.78 is 0. The van der Waals surface area contributed by atoms with Gasteiger partial charge in [-0.3, -0.25) is 4.79 Å². The van der Waals surface area contributed by atoms with Crippen molar-refractivity contribution in [3.8, 4) is 5.75 Å². The van der Waals surface area contributed by atoms with E-state index in [0.29, 0.717) is 11.8 Å². The van der Waals surface area contributed by atoms with Gasteiger partial charge in [-0.1, -0.05) is 0 Å². The highest BCUT2D eigenvalue weighted by Gasteiger charge is 2.40. The number of phenols is 1. The van der Waals surface area contributed by atoms with Crippen molar-refractivity contribution in [2.24, 2.45) is 5.92 Å². The minimum atomic E-state index is -0.712. The fourth-order valence-corrected chi connectivity index (χ4v) is 3.20. The van der Waals surface area contributed by atoms with Gasteiger partial charge >= 0.3 is 5.97 Å². The van der Waals surface area contributed by atoms with Gasteiger partial charge in [-0.05, 0) is 42.5 Å². The Morgan fingerprint density at radius 1 is 1.47 bits per heavy atom. The van der Waals surface area contributed by atoms with Gasteiger partial charge in [-0.15, -0.1) is 0 Å². The smallest absolute Gasteiger partial charge is 0.303 e. The number of hydrogen-bond donors (Lipinski definition) is 2. The Labute approximate surface area is 99.5 Å². The van der Waals surface area contributed by atoms with Crippen LogP contribution in [0.15, 0.2) is 18.2 Å². The van der Waals surface area contributed by atoms with Crippen molar-refractivity contribution in [2.75, 3.05) is 11.4 Å². The van der Waals surface area contributed by atoms with Crippen LogP contribution in [-0.4, -0.2) is 28.8 Å². The molecule has 4 heteroatoms. The summed E-state index contributed by atoms with van der Waals surface area (Å²) in [5.74, 6) is -0.183. The SMILES string of the molecule is O=C(O)CC1CCN2c3ccc(O)cc3CC12.